The Hall–Kier alpha value is -4.23. The molecule has 0 unspecified atom stereocenters. The number of carbonyl (C=O) groups is 1. The highest BCUT2D eigenvalue weighted by atomic mass is 32.1. The number of nitrogens with one attached hydrogen (secondary N) is 1. The SMILES string of the molecule is N#CC(=CNc1ccc(O)c(C(=O)O)c1)c1nc(-c2ccc([N+](=O)[O-])cc2)cs1. The summed E-state index contributed by atoms with van der Waals surface area (Å²) in [7, 11) is 0. The van der Waals surface area contributed by atoms with Crippen LogP contribution in [0.1, 0.15) is 15.4 Å². The van der Waals surface area contributed by atoms with Gasteiger partial charge in [0.25, 0.3) is 5.69 Å². The van der Waals surface area contributed by atoms with Crippen LogP contribution in [-0.4, -0.2) is 26.1 Å². The van der Waals surface area contributed by atoms with Crippen LogP contribution in [0.25, 0.3) is 16.8 Å². The van der Waals surface area contributed by atoms with Crippen molar-refractivity contribution in [3.63, 3.8) is 0 Å². The van der Waals surface area contributed by atoms with Crippen molar-refractivity contribution in [2.45, 2.75) is 0 Å². The first-order valence-corrected chi connectivity index (χ1v) is 8.91. The van der Waals surface area contributed by atoms with Crippen LogP contribution in [-0.2, 0) is 0 Å². The van der Waals surface area contributed by atoms with E-state index in [1.807, 2.05) is 6.07 Å². The number of hydrogen-bond donors (Lipinski definition) is 3. The van der Waals surface area contributed by atoms with Crippen LogP contribution in [0.3, 0.4) is 0 Å². The summed E-state index contributed by atoms with van der Waals surface area (Å²) in [4.78, 5) is 25.7. The van der Waals surface area contributed by atoms with E-state index in [0.717, 1.165) is 0 Å². The molecule has 9 nitrogen and oxygen atoms in total. The number of nitro groups is 1. The third-order valence-electron chi connectivity index (χ3n) is 3.84. The second kappa shape index (κ2) is 8.20. The average molecular weight is 408 g/mol. The van der Waals surface area contributed by atoms with Crippen LogP contribution in [0.5, 0.6) is 5.75 Å². The van der Waals surface area contributed by atoms with Crippen molar-refractivity contribution in [1.29, 1.82) is 5.26 Å². The highest BCUT2D eigenvalue weighted by Crippen LogP contribution is 2.28. The van der Waals surface area contributed by atoms with Gasteiger partial charge in [0, 0.05) is 35.0 Å². The molecule has 0 aliphatic carbocycles. The van der Waals surface area contributed by atoms with E-state index in [2.05, 4.69) is 10.3 Å². The molecule has 0 saturated heterocycles. The number of allylic oxidation sites excluding steroid dienone is 1. The van der Waals surface area contributed by atoms with Crippen LogP contribution < -0.4 is 5.32 Å². The highest BCUT2D eigenvalue weighted by molar-refractivity contribution is 7.11. The molecular weight excluding hydrogens is 396 g/mol. The van der Waals surface area contributed by atoms with Crippen LogP contribution in [0.15, 0.2) is 54.0 Å². The standard InChI is InChI=1S/C19H12N4O5S/c20-8-12(9-21-13-3-6-17(24)15(7-13)19(25)26)18-22-16(10-29-18)11-1-4-14(5-2-11)23(27)28/h1-7,9-10,21,24H,(H,25,26). The Morgan fingerprint density at radius 2 is 2.00 bits per heavy atom. The summed E-state index contributed by atoms with van der Waals surface area (Å²) in [5, 5.41) is 43.7. The summed E-state index contributed by atoms with van der Waals surface area (Å²) in [5.74, 6) is -1.64. The fourth-order valence-corrected chi connectivity index (χ4v) is 3.17. The number of nitriles is 1. The molecular formula is C19H12N4O5S. The van der Waals surface area contributed by atoms with Crippen molar-refractivity contribution in [2.24, 2.45) is 0 Å². The van der Waals surface area contributed by atoms with Crippen molar-refractivity contribution in [2.75, 3.05) is 5.32 Å². The fourth-order valence-electron chi connectivity index (χ4n) is 2.38. The molecule has 0 fully saturated rings. The number of benzene rings is 2. The minimum absolute atomic E-state index is 0.0272. The number of carboxylic acid groups (broad SMARTS) is 1. The first kappa shape index (κ1) is 19.5. The summed E-state index contributed by atoms with van der Waals surface area (Å²) in [6, 6.07) is 11.9. The number of non-ortho nitro benzene ring substituents is 1. The quantitative estimate of drug-likeness (QED) is 0.239. The van der Waals surface area contributed by atoms with E-state index in [9.17, 15) is 25.3 Å². The molecule has 3 N–H and O–H groups in total. The summed E-state index contributed by atoms with van der Waals surface area (Å²) in [6.45, 7) is 0. The molecule has 0 bridgehead atoms. The maximum atomic E-state index is 11.1. The number of aromatic nitrogens is 1. The molecule has 3 aromatic rings. The second-order valence-corrected chi connectivity index (χ2v) is 6.55. The lowest BCUT2D eigenvalue weighted by Gasteiger charge is -2.05. The summed E-state index contributed by atoms with van der Waals surface area (Å²) >= 11 is 1.22. The minimum atomic E-state index is -1.27. The van der Waals surface area contributed by atoms with Gasteiger partial charge >= 0.3 is 5.97 Å². The molecule has 144 valence electrons. The molecule has 10 heteroatoms. The van der Waals surface area contributed by atoms with E-state index in [1.54, 1.807) is 17.5 Å². The molecule has 1 aromatic heterocycles. The van der Waals surface area contributed by atoms with Gasteiger partial charge in [0.05, 0.1) is 10.6 Å². The molecule has 0 atom stereocenters. The van der Waals surface area contributed by atoms with Crippen molar-refractivity contribution >= 4 is 34.3 Å². The predicted octanol–water partition coefficient (Wildman–Crippen LogP) is 4.10. The van der Waals surface area contributed by atoms with Crippen LogP contribution in [0.2, 0.25) is 0 Å². The number of nitrogens with zero attached hydrogens (tertiary/aromatic N) is 3. The maximum Gasteiger partial charge on any atom is 0.339 e. The van der Waals surface area contributed by atoms with Gasteiger partial charge in [-0.25, -0.2) is 9.78 Å². The normalized spacial score (nSPS) is 10.9. The molecule has 0 aliphatic heterocycles. The Morgan fingerprint density at radius 1 is 1.28 bits per heavy atom. The first-order valence-electron chi connectivity index (χ1n) is 8.03. The number of phenols is 1. The lowest BCUT2D eigenvalue weighted by molar-refractivity contribution is -0.384. The molecule has 2 aromatic carbocycles. The molecule has 3 rings (SSSR count). The molecule has 0 amide bonds. The van der Waals surface area contributed by atoms with E-state index in [0.29, 0.717) is 22.0 Å². The van der Waals surface area contributed by atoms with E-state index < -0.39 is 10.9 Å². The zero-order valence-electron chi connectivity index (χ0n) is 14.6. The minimum Gasteiger partial charge on any atom is -0.507 e. The third-order valence-corrected chi connectivity index (χ3v) is 4.71. The predicted molar refractivity (Wildman–Crippen MR) is 106 cm³/mol. The Bertz CT molecular complexity index is 1160. The van der Waals surface area contributed by atoms with Gasteiger partial charge < -0.3 is 15.5 Å². The van der Waals surface area contributed by atoms with Gasteiger partial charge in [-0.15, -0.1) is 11.3 Å². The Labute approximate surface area is 168 Å². The Kier molecular flexibility index (Phi) is 5.52. The van der Waals surface area contributed by atoms with Crippen LogP contribution in [0, 0.1) is 21.4 Å². The van der Waals surface area contributed by atoms with Gasteiger partial charge in [-0.2, -0.15) is 5.26 Å². The lowest BCUT2D eigenvalue weighted by atomic mass is 10.1. The average Bonchev–Trinajstić information content (AvgIpc) is 3.19. The molecule has 29 heavy (non-hydrogen) atoms. The smallest absolute Gasteiger partial charge is 0.339 e. The number of carboxylic acids is 1. The Balaban J connectivity index is 1.82. The van der Waals surface area contributed by atoms with E-state index in [-0.39, 0.29) is 22.6 Å². The van der Waals surface area contributed by atoms with Gasteiger partial charge in [0.15, 0.2) is 0 Å². The van der Waals surface area contributed by atoms with E-state index in [4.69, 9.17) is 5.11 Å². The van der Waals surface area contributed by atoms with Gasteiger partial charge in [-0.1, -0.05) is 0 Å². The van der Waals surface area contributed by atoms with E-state index >= 15 is 0 Å². The van der Waals surface area contributed by atoms with Crippen molar-refractivity contribution < 1.29 is 19.9 Å². The molecule has 1 heterocycles. The number of aromatic carboxylic acids is 1. The lowest BCUT2D eigenvalue weighted by Crippen LogP contribution is -1.98. The van der Waals surface area contributed by atoms with Crippen LogP contribution in [0.4, 0.5) is 11.4 Å². The zero-order valence-corrected chi connectivity index (χ0v) is 15.4. The highest BCUT2D eigenvalue weighted by Gasteiger charge is 2.12. The summed E-state index contributed by atoms with van der Waals surface area (Å²) < 4.78 is 0. The number of anilines is 1. The number of nitro benzene ring substituents is 1. The molecule has 0 radical (unpaired) electrons. The van der Waals surface area contributed by atoms with Crippen molar-refractivity contribution in [3.8, 4) is 23.1 Å². The number of rotatable bonds is 6. The van der Waals surface area contributed by atoms with Crippen LogP contribution >= 0.6 is 11.3 Å². The van der Waals surface area contributed by atoms with Gasteiger partial charge in [0.2, 0.25) is 0 Å². The topological polar surface area (TPSA) is 149 Å². The number of hydrogen-bond acceptors (Lipinski definition) is 8. The maximum absolute atomic E-state index is 11.1. The zero-order chi connectivity index (χ0) is 21.0. The first-order chi connectivity index (χ1) is 13.9. The van der Waals surface area contributed by atoms with E-state index in [1.165, 1.54) is 47.9 Å². The van der Waals surface area contributed by atoms with Gasteiger partial charge in [-0.3, -0.25) is 10.1 Å². The number of thiazole rings is 1. The van der Waals surface area contributed by atoms with Gasteiger partial charge in [-0.05, 0) is 30.3 Å². The molecule has 0 saturated carbocycles. The van der Waals surface area contributed by atoms with Gasteiger partial charge in [0.1, 0.15) is 28.0 Å². The third kappa shape index (κ3) is 4.37. The Morgan fingerprint density at radius 3 is 2.62 bits per heavy atom. The second-order valence-electron chi connectivity index (χ2n) is 5.69. The molecule has 0 spiro atoms. The summed E-state index contributed by atoms with van der Waals surface area (Å²) in [5.41, 5.74) is 1.54. The summed E-state index contributed by atoms with van der Waals surface area (Å²) in [6.07, 6.45) is 1.39. The monoisotopic (exact) mass is 408 g/mol. The molecule has 0 aliphatic rings. The van der Waals surface area contributed by atoms with Crippen molar-refractivity contribution in [1.82, 2.24) is 4.98 Å². The largest absolute Gasteiger partial charge is 0.507 e. The van der Waals surface area contributed by atoms with Crippen molar-refractivity contribution in [3.05, 3.63) is 74.7 Å². The fraction of sp³-hybridized carbons (Fsp3) is 0. The number of aromatic hydroxyl groups is 1.